The highest BCUT2D eigenvalue weighted by Crippen LogP contribution is 2.35. The number of carbonyl (C=O) groups excluding carboxylic acids is 1. The van der Waals surface area contributed by atoms with Gasteiger partial charge in [-0.05, 0) is 63.8 Å². The molecule has 2 aromatic rings. The third-order valence-electron chi connectivity index (χ3n) is 5.28. The van der Waals surface area contributed by atoms with Gasteiger partial charge >= 0.3 is 6.09 Å². The van der Waals surface area contributed by atoms with Crippen molar-refractivity contribution in [2.45, 2.75) is 44.2 Å². The number of imidazole rings is 1. The summed E-state index contributed by atoms with van der Waals surface area (Å²) >= 11 is 1.50. The zero-order valence-corrected chi connectivity index (χ0v) is 20.1. The molecule has 10 heteroatoms. The second-order valence-electron chi connectivity index (χ2n) is 9.00. The number of nitrogens with zero attached hydrogens (tertiary/aromatic N) is 3. The van der Waals surface area contributed by atoms with Gasteiger partial charge in [0.05, 0.1) is 16.9 Å². The van der Waals surface area contributed by atoms with Crippen molar-refractivity contribution >= 4 is 39.6 Å². The number of thioether (sulfide) groups is 1. The topological polar surface area (TPSA) is 93.0 Å². The Morgan fingerprint density at radius 1 is 1.31 bits per heavy atom. The minimum Gasteiger partial charge on any atom is -0.444 e. The zero-order chi connectivity index (χ0) is 22.9. The number of rotatable bonds is 5. The van der Waals surface area contributed by atoms with Gasteiger partial charge in [0.15, 0.2) is 0 Å². The summed E-state index contributed by atoms with van der Waals surface area (Å²) < 4.78 is 35.1. The lowest BCUT2D eigenvalue weighted by Gasteiger charge is -2.33. The van der Waals surface area contributed by atoms with Gasteiger partial charge in [0.25, 0.3) is 0 Å². The summed E-state index contributed by atoms with van der Waals surface area (Å²) in [5, 5.41) is 2.22. The highest BCUT2D eigenvalue weighted by Gasteiger charge is 2.27. The average molecular weight is 477 g/mol. The fourth-order valence-corrected chi connectivity index (χ4v) is 5.64. The SMILES string of the molecule is CC(C)(C)OC(=O)N1CCC(CNS(=O)(=O)C=CC2=Cc3cnc4cccc(n34)S2)CC1. The molecule has 8 nitrogen and oxygen atoms in total. The van der Waals surface area contributed by atoms with Crippen LogP contribution in [0.25, 0.3) is 11.7 Å². The van der Waals surface area contributed by atoms with Crippen LogP contribution >= 0.6 is 11.8 Å². The normalized spacial score (nSPS) is 17.7. The summed E-state index contributed by atoms with van der Waals surface area (Å²) in [6.45, 7) is 7.02. The van der Waals surface area contributed by atoms with Gasteiger partial charge in [0, 0.05) is 29.9 Å². The van der Waals surface area contributed by atoms with Crippen molar-refractivity contribution in [3.8, 4) is 0 Å². The van der Waals surface area contributed by atoms with Gasteiger partial charge in [-0.2, -0.15) is 0 Å². The molecule has 0 aliphatic carbocycles. The highest BCUT2D eigenvalue weighted by molar-refractivity contribution is 8.03. The molecule has 0 radical (unpaired) electrons. The average Bonchev–Trinajstić information content (AvgIpc) is 3.15. The summed E-state index contributed by atoms with van der Waals surface area (Å²) in [5.74, 6) is 0.187. The molecule has 4 heterocycles. The summed E-state index contributed by atoms with van der Waals surface area (Å²) in [4.78, 5) is 19.1. The maximum Gasteiger partial charge on any atom is 0.410 e. The fourth-order valence-electron chi connectivity index (χ4n) is 3.67. The Labute approximate surface area is 192 Å². The predicted molar refractivity (Wildman–Crippen MR) is 126 cm³/mol. The number of carbonyl (C=O) groups is 1. The Hall–Kier alpha value is -2.30. The lowest BCUT2D eigenvalue weighted by Crippen LogP contribution is -2.43. The molecule has 0 aromatic carbocycles. The van der Waals surface area contributed by atoms with Crippen molar-refractivity contribution in [2.24, 2.45) is 5.92 Å². The first-order valence-electron chi connectivity index (χ1n) is 10.6. The second-order valence-corrected chi connectivity index (χ2v) is 11.7. The molecule has 2 aromatic heterocycles. The van der Waals surface area contributed by atoms with E-state index in [0.717, 1.165) is 34.1 Å². The van der Waals surface area contributed by atoms with E-state index in [-0.39, 0.29) is 12.0 Å². The van der Waals surface area contributed by atoms with Gasteiger partial charge in [-0.3, -0.25) is 4.40 Å². The number of likely N-dealkylation sites (tertiary alicyclic amines) is 1. The monoisotopic (exact) mass is 476 g/mol. The molecular formula is C22H28N4O4S2. The Balaban J connectivity index is 1.29. The summed E-state index contributed by atoms with van der Waals surface area (Å²) in [5.41, 5.74) is 1.28. The molecule has 0 spiro atoms. The summed E-state index contributed by atoms with van der Waals surface area (Å²) in [6, 6.07) is 5.86. The number of aromatic nitrogens is 2. The minimum absolute atomic E-state index is 0.187. The maximum atomic E-state index is 12.5. The first kappa shape index (κ1) is 22.9. The van der Waals surface area contributed by atoms with Gasteiger partial charge in [-0.25, -0.2) is 22.9 Å². The quantitative estimate of drug-likeness (QED) is 0.704. The van der Waals surface area contributed by atoms with Crippen LogP contribution in [0.3, 0.4) is 0 Å². The van der Waals surface area contributed by atoms with Crippen molar-refractivity contribution < 1.29 is 17.9 Å². The molecule has 172 valence electrons. The maximum absolute atomic E-state index is 12.5. The number of amides is 1. The number of hydrogen-bond acceptors (Lipinski definition) is 6. The predicted octanol–water partition coefficient (Wildman–Crippen LogP) is 3.86. The van der Waals surface area contributed by atoms with Crippen LogP contribution < -0.4 is 4.72 Å². The van der Waals surface area contributed by atoms with Crippen LogP contribution in [-0.2, 0) is 14.8 Å². The van der Waals surface area contributed by atoms with Crippen LogP contribution in [-0.4, -0.2) is 54.0 Å². The molecule has 1 saturated heterocycles. The van der Waals surface area contributed by atoms with Crippen LogP contribution in [0.2, 0.25) is 0 Å². The van der Waals surface area contributed by atoms with Crippen LogP contribution in [0.1, 0.15) is 39.3 Å². The van der Waals surface area contributed by atoms with Crippen LogP contribution in [0.5, 0.6) is 0 Å². The molecule has 0 unspecified atom stereocenters. The van der Waals surface area contributed by atoms with E-state index in [2.05, 4.69) is 9.71 Å². The largest absolute Gasteiger partial charge is 0.444 e. The number of piperidine rings is 1. The fraction of sp³-hybridized carbons (Fsp3) is 0.455. The van der Waals surface area contributed by atoms with Crippen molar-refractivity contribution in [3.05, 3.63) is 46.5 Å². The number of hydrogen-bond donors (Lipinski definition) is 1. The number of allylic oxidation sites excluding steroid dienone is 1. The number of nitrogens with one attached hydrogen (secondary N) is 1. The molecule has 2 aliphatic rings. The summed E-state index contributed by atoms with van der Waals surface area (Å²) in [6.07, 6.45) is 6.49. The molecule has 1 N–H and O–H groups in total. The number of pyridine rings is 1. The van der Waals surface area contributed by atoms with Gasteiger partial charge in [0.2, 0.25) is 10.0 Å². The minimum atomic E-state index is -3.56. The molecule has 4 rings (SSSR count). The second kappa shape index (κ2) is 8.92. The Kier molecular flexibility index (Phi) is 6.37. The van der Waals surface area contributed by atoms with Crippen LogP contribution in [0, 0.1) is 5.92 Å². The number of sulfonamides is 1. The Bertz CT molecular complexity index is 1170. The number of ether oxygens (including phenoxy) is 1. The van der Waals surface area contributed by atoms with E-state index in [9.17, 15) is 13.2 Å². The van der Waals surface area contributed by atoms with Gasteiger partial charge in [0.1, 0.15) is 11.2 Å². The van der Waals surface area contributed by atoms with Crippen molar-refractivity contribution in [1.29, 1.82) is 0 Å². The van der Waals surface area contributed by atoms with Crippen LogP contribution in [0.4, 0.5) is 4.79 Å². The van der Waals surface area contributed by atoms with E-state index >= 15 is 0 Å². The molecular weight excluding hydrogens is 448 g/mol. The first-order valence-corrected chi connectivity index (χ1v) is 13.0. The standard InChI is InChI=1S/C22H28N4O4S2/c1-22(2,3)30-21(27)25-10-7-16(8-11-25)14-24-32(28,29)12-9-18-13-17-15-23-19-5-4-6-20(31-18)26(17)19/h4-6,9,12-13,15-16,24H,7-8,10-11,14H2,1-3H3. The van der Waals surface area contributed by atoms with Gasteiger partial charge in [-0.1, -0.05) is 17.8 Å². The third-order valence-corrected chi connectivity index (χ3v) is 7.37. The first-order chi connectivity index (χ1) is 15.1. The smallest absolute Gasteiger partial charge is 0.410 e. The van der Waals surface area contributed by atoms with Crippen LogP contribution in [0.15, 0.2) is 45.8 Å². The van der Waals surface area contributed by atoms with Crippen molar-refractivity contribution in [2.75, 3.05) is 19.6 Å². The van der Waals surface area contributed by atoms with E-state index in [1.54, 1.807) is 17.2 Å². The van der Waals surface area contributed by atoms with E-state index in [0.29, 0.717) is 19.6 Å². The zero-order valence-electron chi connectivity index (χ0n) is 18.4. The molecule has 2 aliphatic heterocycles. The lowest BCUT2D eigenvalue weighted by atomic mass is 9.97. The molecule has 0 saturated carbocycles. The van der Waals surface area contributed by atoms with E-state index in [1.165, 1.54) is 17.2 Å². The third kappa shape index (κ3) is 5.54. The van der Waals surface area contributed by atoms with E-state index < -0.39 is 15.6 Å². The Morgan fingerprint density at radius 2 is 2.06 bits per heavy atom. The van der Waals surface area contributed by atoms with Gasteiger partial charge < -0.3 is 9.64 Å². The lowest BCUT2D eigenvalue weighted by molar-refractivity contribution is 0.0185. The summed E-state index contributed by atoms with van der Waals surface area (Å²) in [7, 11) is -3.56. The molecule has 0 bridgehead atoms. The molecule has 32 heavy (non-hydrogen) atoms. The molecule has 1 fully saturated rings. The van der Waals surface area contributed by atoms with E-state index in [4.69, 9.17) is 4.74 Å². The molecule has 0 atom stereocenters. The molecule has 1 amide bonds. The van der Waals surface area contributed by atoms with Gasteiger partial charge in [-0.15, -0.1) is 0 Å². The highest BCUT2D eigenvalue weighted by atomic mass is 32.2. The van der Waals surface area contributed by atoms with Crippen molar-refractivity contribution in [3.63, 3.8) is 0 Å². The van der Waals surface area contributed by atoms with E-state index in [1.807, 2.05) is 49.4 Å². The van der Waals surface area contributed by atoms with Crippen molar-refractivity contribution in [1.82, 2.24) is 19.0 Å². The Morgan fingerprint density at radius 3 is 2.78 bits per heavy atom.